The van der Waals surface area contributed by atoms with Gasteiger partial charge < -0.3 is 30.9 Å². The molecular formula is C24H37FN5O11PS2. The number of imidazole rings is 1. The molecule has 0 bridgehead atoms. The molecular weight excluding hydrogens is 648 g/mol. The van der Waals surface area contributed by atoms with Gasteiger partial charge in [-0.3, -0.25) is 27.7 Å². The van der Waals surface area contributed by atoms with Crippen molar-refractivity contribution in [2.24, 2.45) is 10.8 Å². The van der Waals surface area contributed by atoms with Crippen molar-refractivity contribution in [2.45, 2.75) is 52.2 Å². The van der Waals surface area contributed by atoms with Gasteiger partial charge in [0.1, 0.15) is 18.3 Å². The molecule has 248 valence electrons. The van der Waals surface area contributed by atoms with E-state index in [-0.39, 0.29) is 65.1 Å². The molecule has 2 aromatic heterocycles. The number of thioether (sulfide) groups is 2. The summed E-state index contributed by atoms with van der Waals surface area (Å²) in [4.78, 5) is 35.6. The van der Waals surface area contributed by atoms with Gasteiger partial charge in [0.15, 0.2) is 33.4 Å². The van der Waals surface area contributed by atoms with Crippen LogP contribution in [0.15, 0.2) is 6.33 Å². The first-order valence-corrected chi connectivity index (χ1v) is 16.8. The number of fused-ring (bicyclic) bond motifs is 1. The minimum absolute atomic E-state index is 0.0372. The fraction of sp³-hybridized carbons (Fsp3) is 0.708. The molecule has 2 unspecified atom stereocenters. The average molecular weight is 686 g/mol. The van der Waals surface area contributed by atoms with Crippen LogP contribution in [0.4, 0.5) is 10.2 Å². The van der Waals surface area contributed by atoms with Gasteiger partial charge in [-0.15, -0.1) is 0 Å². The van der Waals surface area contributed by atoms with Crippen molar-refractivity contribution in [3.63, 3.8) is 0 Å². The molecule has 0 aromatic carbocycles. The molecule has 16 nitrogen and oxygen atoms in total. The lowest BCUT2D eigenvalue weighted by molar-refractivity contribution is -0.120. The summed E-state index contributed by atoms with van der Waals surface area (Å²) >= 11 is 1.70. The van der Waals surface area contributed by atoms with E-state index >= 15 is 0 Å². The third-order valence-electron chi connectivity index (χ3n) is 6.46. The molecule has 0 spiro atoms. The topological polar surface area (TPSA) is 239 Å². The van der Waals surface area contributed by atoms with E-state index in [0.29, 0.717) is 0 Å². The Hall–Kier alpha value is -1.77. The van der Waals surface area contributed by atoms with Crippen molar-refractivity contribution in [3.05, 3.63) is 12.4 Å². The van der Waals surface area contributed by atoms with E-state index in [9.17, 15) is 39.0 Å². The third-order valence-corrected chi connectivity index (χ3v) is 10.3. The van der Waals surface area contributed by atoms with Gasteiger partial charge in [0, 0.05) is 11.5 Å². The number of rotatable bonds is 16. The minimum atomic E-state index is -4.39. The van der Waals surface area contributed by atoms with Gasteiger partial charge in [0.2, 0.25) is 0 Å². The van der Waals surface area contributed by atoms with E-state index in [1.54, 1.807) is 27.7 Å². The summed E-state index contributed by atoms with van der Waals surface area (Å²) in [6, 6.07) is 0. The summed E-state index contributed by atoms with van der Waals surface area (Å²) in [7, 11) is -4.39. The number of carbonyl (C=O) groups excluding carboxylic acids is 2. The van der Waals surface area contributed by atoms with Crippen LogP contribution in [0, 0.1) is 16.9 Å². The highest BCUT2D eigenvalue weighted by Gasteiger charge is 2.46. The highest BCUT2D eigenvalue weighted by molar-refractivity contribution is 8.14. The van der Waals surface area contributed by atoms with Crippen molar-refractivity contribution in [1.82, 2.24) is 19.5 Å². The molecule has 2 aromatic rings. The van der Waals surface area contributed by atoms with E-state index < -0.39 is 55.9 Å². The molecule has 1 fully saturated rings. The molecule has 1 aliphatic rings. The van der Waals surface area contributed by atoms with E-state index in [1.165, 1.54) is 6.33 Å². The van der Waals surface area contributed by atoms with Gasteiger partial charge in [-0.25, -0.2) is 9.55 Å². The summed E-state index contributed by atoms with van der Waals surface area (Å²) in [5.41, 5.74) is 3.63. The van der Waals surface area contributed by atoms with Crippen molar-refractivity contribution in [3.8, 4) is 0 Å². The van der Waals surface area contributed by atoms with Crippen LogP contribution in [0.3, 0.4) is 0 Å². The van der Waals surface area contributed by atoms with Crippen molar-refractivity contribution >= 4 is 58.6 Å². The number of carbonyl (C=O) groups is 2. The second kappa shape index (κ2) is 15.2. The lowest BCUT2D eigenvalue weighted by Crippen LogP contribution is -2.33. The normalized spacial score (nSPS) is 21.3. The first kappa shape index (κ1) is 36.7. The molecule has 44 heavy (non-hydrogen) atoms. The number of anilines is 1. The summed E-state index contributed by atoms with van der Waals surface area (Å²) in [5, 5.41) is 39.4. The SMILES string of the molecule is CC(C)(CO)C(=O)SCCOP(=O)(OCCSC(=O)C(C)(C)CO)OC[C@H]1OC(n2cnc3c(N)nc(F)nc32)C(O)[C@H]1O. The maximum Gasteiger partial charge on any atom is 0.474 e. The fourth-order valence-electron chi connectivity index (χ4n) is 3.56. The highest BCUT2D eigenvalue weighted by atomic mass is 32.2. The number of phosphoric ester groups is 1. The van der Waals surface area contributed by atoms with Gasteiger partial charge >= 0.3 is 13.9 Å². The molecule has 20 heteroatoms. The smallest absolute Gasteiger partial charge is 0.395 e. The molecule has 3 heterocycles. The Morgan fingerprint density at radius 1 is 1.02 bits per heavy atom. The number of aliphatic hydroxyl groups is 4. The first-order chi connectivity index (χ1) is 20.5. The molecule has 1 aliphatic heterocycles. The summed E-state index contributed by atoms with van der Waals surface area (Å²) in [6.07, 6.45) is -5.70. The van der Waals surface area contributed by atoms with E-state index in [4.69, 9.17) is 24.0 Å². The van der Waals surface area contributed by atoms with Crippen LogP contribution in [0.2, 0.25) is 0 Å². The monoisotopic (exact) mass is 685 g/mol. The molecule has 0 radical (unpaired) electrons. The number of ether oxygens (including phenoxy) is 1. The average Bonchev–Trinajstić information content (AvgIpc) is 3.52. The van der Waals surface area contributed by atoms with E-state index in [0.717, 1.165) is 28.1 Å². The lowest BCUT2D eigenvalue weighted by Gasteiger charge is -2.22. The fourth-order valence-corrected chi connectivity index (χ4v) is 6.60. The van der Waals surface area contributed by atoms with Crippen molar-refractivity contribution in [2.75, 3.05) is 50.3 Å². The zero-order valence-electron chi connectivity index (χ0n) is 24.5. The summed E-state index contributed by atoms with van der Waals surface area (Å²) in [5.74, 6) is -0.167. The second-order valence-corrected chi connectivity index (χ2v) is 14.8. The number of nitrogens with zero attached hydrogens (tertiary/aromatic N) is 4. The first-order valence-electron chi connectivity index (χ1n) is 13.3. The summed E-state index contributed by atoms with van der Waals surface area (Å²) in [6.45, 7) is 4.39. The van der Waals surface area contributed by atoms with Gasteiger partial charge in [-0.05, 0) is 27.7 Å². The molecule has 0 saturated carbocycles. The Balaban J connectivity index is 1.66. The Morgan fingerprint density at radius 3 is 2.09 bits per heavy atom. The Morgan fingerprint density at radius 2 is 1.57 bits per heavy atom. The molecule has 0 aliphatic carbocycles. The predicted molar refractivity (Wildman–Crippen MR) is 158 cm³/mol. The van der Waals surface area contributed by atoms with E-state index in [2.05, 4.69) is 15.0 Å². The standard InChI is InChI=1S/C24H37FN5O11PS2/c1-23(2,10-31)20(35)43-7-5-38-42(37,39-6-8-44-21(36)24(3,4)11-32)40-9-13-15(33)16(34)19(41-13)30-12-27-14-17(26)28-22(25)29-18(14)30/h12-13,15-16,19,31-34H,5-11H2,1-4H3,(H2,26,28,29)/t13-,15+,16?,19?/m1/s1. The molecule has 6 N–H and O–H groups in total. The Labute approximate surface area is 260 Å². The molecule has 1 saturated heterocycles. The largest absolute Gasteiger partial charge is 0.474 e. The van der Waals surface area contributed by atoms with Crippen LogP contribution in [-0.4, -0.2) is 113 Å². The second-order valence-electron chi connectivity index (χ2n) is 11.0. The molecule has 3 rings (SSSR count). The number of aromatic nitrogens is 4. The van der Waals surface area contributed by atoms with Gasteiger partial charge in [-0.1, -0.05) is 23.5 Å². The van der Waals surface area contributed by atoms with Crippen LogP contribution in [0.25, 0.3) is 11.2 Å². The number of halogens is 1. The van der Waals surface area contributed by atoms with E-state index in [1.807, 2.05) is 0 Å². The zero-order valence-corrected chi connectivity index (χ0v) is 27.0. The Kier molecular flexibility index (Phi) is 12.7. The van der Waals surface area contributed by atoms with Crippen LogP contribution >= 0.6 is 31.3 Å². The van der Waals surface area contributed by atoms with Crippen molar-refractivity contribution < 1.29 is 57.3 Å². The number of phosphoric acid groups is 1. The van der Waals surface area contributed by atoms with Gasteiger partial charge in [0.05, 0.1) is 50.2 Å². The van der Waals surface area contributed by atoms with Crippen molar-refractivity contribution in [1.29, 1.82) is 0 Å². The zero-order chi connectivity index (χ0) is 32.9. The quantitative estimate of drug-likeness (QED) is 0.0936. The number of nitrogen functional groups attached to an aromatic ring is 1. The van der Waals surface area contributed by atoms with Gasteiger partial charge in [-0.2, -0.15) is 14.4 Å². The third kappa shape index (κ3) is 8.94. The maximum absolute atomic E-state index is 13.8. The molecule has 0 amide bonds. The van der Waals surface area contributed by atoms with Crippen LogP contribution in [0.5, 0.6) is 0 Å². The maximum atomic E-state index is 13.8. The predicted octanol–water partition coefficient (Wildman–Crippen LogP) is 0.881. The highest BCUT2D eigenvalue weighted by Crippen LogP contribution is 2.50. The summed E-state index contributed by atoms with van der Waals surface area (Å²) < 4.78 is 50.4. The number of hydrogen-bond donors (Lipinski definition) is 5. The Bertz CT molecular complexity index is 1330. The van der Waals surface area contributed by atoms with Crippen LogP contribution < -0.4 is 5.73 Å². The van der Waals surface area contributed by atoms with Crippen LogP contribution in [-0.2, 0) is 32.5 Å². The van der Waals surface area contributed by atoms with Gasteiger partial charge in [0.25, 0.3) is 0 Å². The number of aliphatic hydroxyl groups excluding tert-OH is 4. The number of hydrogen-bond acceptors (Lipinski definition) is 17. The molecule has 4 atom stereocenters. The lowest BCUT2D eigenvalue weighted by atomic mass is 9.97. The van der Waals surface area contributed by atoms with Crippen LogP contribution in [0.1, 0.15) is 33.9 Å². The number of nitrogens with two attached hydrogens (primary N) is 1. The minimum Gasteiger partial charge on any atom is -0.395 e.